The fourth-order valence-corrected chi connectivity index (χ4v) is 3.73. The summed E-state index contributed by atoms with van der Waals surface area (Å²) in [7, 11) is 1.85. The van der Waals surface area contributed by atoms with Gasteiger partial charge < -0.3 is 14.8 Å². The number of aryl methyl sites for hydroxylation is 1. The predicted octanol–water partition coefficient (Wildman–Crippen LogP) is 3.01. The van der Waals surface area contributed by atoms with Crippen molar-refractivity contribution < 1.29 is 14.3 Å². The zero-order valence-electron chi connectivity index (χ0n) is 17.5. The number of nitrogens with one attached hydrogen (secondary N) is 1. The Balaban J connectivity index is 1.46. The van der Waals surface area contributed by atoms with Crippen LogP contribution in [-0.4, -0.2) is 35.9 Å². The summed E-state index contributed by atoms with van der Waals surface area (Å²) < 4.78 is 15.4. The molecule has 0 saturated heterocycles. The van der Waals surface area contributed by atoms with Gasteiger partial charge in [0.25, 0.3) is 5.91 Å². The number of ether oxygens (including phenoxy) is 2. The molecule has 0 radical (unpaired) electrons. The average molecular weight is 418 g/mol. The third-order valence-electron chi connectivity index (χ3n) is 5.09. The van der Waals surface area contributed by atoms with Crippen LogP contribution in [0.25, 0.3) is 5.65 Å². The summed E-state index contributed by atoms with van der Waals surface area (Å²) in [6, 6.07) is 5.51. The maximum Gasteiger partial charge on any atom is 0.261 e. The van der Waals surface area contributed by atoms with Gasteiger partial charge in [-0.25, -0.2) is 9.50 Å². The topological polar surface area (TPSA) is 95.6 Å². The highest BCUT2D eigenvalue weighted by Crippen LogP contribution is 2.41. The second-order valence-electron chi connectivity index (χ2n) is 8.21. The van der Waals surface area contributed by atoms with Gasteiger partial charge in [-0.3, -0.25) is 9.48 Å². The molecule has 0 fully saturated rings. The Morgan fingerprint density at radius 1 is 1.29 bits per heavy atom. The maximum atomic E-state index is 13.0. The van der Waals surface area contributed by atoms with Gasteiger partial charge in [0.1, 0.15) is 29.3 Å². The summed E-state index contributed by atoms with van der Waals surface area (Å²) in [6.45, 7) is 4.38. The molecule has 4 aromatic rings. The minimum absolute atomic E-state index is 0.307. The first kappa shape index (κ1) is 19.1. The SMILES string of the molecule is Cn1cc(COc2cc3c(cc2NC(=O)c2cnn4cccnc24)CC(C)(C)O3)cn1. The van der Waals surface area contributed by atoms with E-state index in [1.54, 1.807) is 33.9 Å². The van der Waals surface area contributed by atoms with Crippen molar-refractivity contribution in [3.05, 3.63) is 65.9 Å². The van der Waals surface area contributed by atoms with Gasteiger partial charge in [0, 0.05) is 49.3 Å². The normalized spacial score (nSPS) is 14.3. The first-order chi connectivity index (χ1) is 14.9. The van der Waals surface area contributed by atoms with Gasteiger partial charge in [-0.2, -0.15) is 10.2 Å². The molecule has 1 aliphatic heterocycles. The Morgan fingerprint density at radius 3 is 2.97 bits per heavy atom. The molecule has 1 aromatic carbocycles. The van der Waals surface area contributed by atoms with Gasteiger partial charge >= 0.3 is 0 Å². The lowest BCUT2D eigenvalue weighted by Crippen LogP contribution is -2.24. The van der Waals surface area contributed by atoms with Crippen LogP contribution in [0.15, 0.2) is 49.2 Å². The van der Waals surface area contributed by atoms with Gasteiger partial charge in [0.15, 0.2) is 5.65 Å². The minimum Gasteiger partial charge on any atom is -0.487 e. The number of hydrogen-bond acceptors (Lipinski definition) is 6. The van der Waals surface area contributed by atoms with Crippen molar-refractivity contribution >= 4 is 17.2 Å². The third-order valence-corrected chi connectivity index (χ3v) is 5.09. The van der Waals surface area contributed by atoms with E-state index in [0.29, 0.717) is 29.3 Å². The smallest absolute Gasteiger partial charge is 0.261 e. The van der Waals surface area contributed by atoms with E-state index in [4.69, 9.17) is 9.47 Å². The van der Waals surface area contributed by atoms with Gasteiger partial charge in [-0.1, -0.05) is 0 Å². The van der Waals surface area contributed by atoms with Crippen LogP contribution in [0.5, 0.6) is 11.5 Å². The lowest BCUT2D eigenvalue weighted by molar-refractivity contribution is 0.102. The number of anilines is 1. The molecule has 0 spiro atoms. The number of rotatable bonds is 5. The zero-order chi connectivity index (χ0) is 21.6. The van der Waals surface area contributed by atoms with Crippen LogP contribution >= 0.6 is 0 Å². The summed E-state index contributed by atoms with van der Waals surface area (Å²) >= 11 is 0. The van der Waals surface area contributed by atoms with E-state index in [1.807, 2.05) is 39.2 Å². The molecule has 0 atom stereocenters. The maximum absolute atomic E-state index is 13.0. The summed E-state index contributed by atoms with van der Waals surface area (Å²) in [6.07, 6.45) is 9.26. The molecule has 9 heteroatoms. The second kappa shape index (κ2) is 7.12. The number of aromatic nitrogens is 5. The average Bonchev–Trinajstić information content (AvgIpc) is 3.41. The molecule has 0 aliphatic carbocycles. The number of amides is 1. The Morgan fingerprint density at radius 2 is 2.16 bits per heavy atom. The molecule has 3 aromatic heterocycles. The molecule has 5 rings (SSSR count). The molecule has 4 heterocycles. The van der Waals surface area contributed by atoms with Crippen molar-refractivity contribution in [2.24, 2.45) is 7.05 Å². The molecule has 1 aliphatic rings. The Labute approximate surface area is 178 Å². The lowest BCUT2D eigenvalue weighted by atomic mass is 10.0. The highest BCUT2D eigenvalue weighted by atomic mass is 16.5. The molecule has 0 unspecified atom stereocenters. The highest BCUT2D eigenvalue weighted by molar-refractivity contribution is 6.08. The van der Waals surface area contributed by atoms with Crippen molar-refractivity contribution in [2.45, 2.75) is 32.5 Å². The monoisotopic (exact) mass is 418 g/mol. The first-order valence-electron chi connectivity index (χ1n) is 9.94. The Hall–Kier alpha value is -3.88. The second-order valence-corrected chi connectivity index (χ2v) is 8.21. The number of carbonyl (C=O) groups excluding carboxylic acids is 1. The van der Waals surface area contributed by atoms with Crippen LogP contribution in [0.1, 0.15) is 35.3 Å². The van der Waals surface area contributed by atoms with E-state index in [2.05, 4.69) is 20.5 Å². The quantitative estimate of drug-likeness (QED) is 0.535. The number of benzene rings is 1. The summed E-state index contributed by atoms with van der Waals surface area (Å²) in [5, 5.41) is 11.3. The molecular weight excluding hydrogens is 396 g/mol. The van der Waals surface area contributed by atoms with Crippen molar-refractivity contribution in [1.82, 2.24) is 24.4 Å². The van der Waals surface area contributed by atoms with Crippen LogP contribution in [0, 0.1) is 0 Å². The summed E-state index contributed by atoms with van der Waals surface area (Å²) in [5.41, 5.74) is 3.08. The predicted molar refractivity (Wildman–Crippen MR) is 113 cm³/mol. The van der Waals surface area contributed by atoms with E-state index in [0.717, 1.165) is 23.3 Å². The fraction of sp³-hybridized carbons (Fsp3) is 0.273. The fourth-order valence-electron chi connectivity index (χ4n) is 3.73. The van der Waals surface area contributed by atoms with Crippen molar-refractivity contribution in [2.75, 3.05) is 5.32 Å². The number of hydrogen-bond donors (Lipinski definition) is 1. The van der Waals surface area contributed by atoms with Crippen LogP contribution in [0.2, 0.25) is 0 Å². The standard InChI is InChI=1S/C22H22N6O3/c1-22(2)9-15-7-17(26-21(29)16-11-25-28-6-4-5-23-20(16)28)19(8-18(15)31-22)30-13-14-10-24-27(3)12-14/h4-8,10-12H,9,13H2,1-3H3,(H,26,29). The minimum atomic E-state index is -0.308. The van der Waals surface area contributed by atoms with Gasteiger partial charge in [-0.15, -0.1) is 0 Å². The molecule has 0 saturated carbocycles. The molecule has 1 amide bonds. The van der Waals surface area contributed by atoms with Crippen LogP contribution in [-0.2, 0) is 20.1 Å². The van der Waals surface area contributed by atoms with E-state index in [-0.39, 0.29) is 11.5 Å². The summed E-state index contributed by atoms with van der Waals surface area (Å²) in [4.78, 5) is 17.3. The molecule has 158 valence electrons. The van der Waals surface area contributed by atoms with Crippen LogP contribution in [0.4, 0.5) is 5.69 Å². The molecule has 1 N–H and O–H groups in total. The van der Waals surface area contributed by atoms with E-state index < -0.39 is 0 Å². The van der Waals surface area contributed by atoms with E-state index in [1.165, 1.54) is 6.20 Å². The van der Waals surface area contributed by atoms with Crippen molar-refractivity contribution in [1.29, 1.82) is 0 Å². The Bertz CT molecular complexity index is 1290. The summed E-state index contributed by atoms with van der Waals surface area (Å²) in [5.74, 6) is 0.984. The van der Waals surface area contributed by atoms with E-state index >= 15 is 0 Å². The molecule has 31 heavy (non-hydrogen) atoms. The molecule has 9 nitrogen and oxygen atoms in total. The zero-order valence-corrected chi connectivity index (χ0v) is 17.5. The van der Waals surface area contributed by atoms with Gasteiger partial charge in [0.2, 0.25) is 0 Å². The lowest BCUT2D eigenvalue weighted by Gasteiger charge is -2.17. The number of carbonyl (C=O) groups is 1. The van der Waals surface area contributed by atoms with Crippen molar-refractivity contribution in [3.8, 4) is 11.5 Å². The van der Waals surface area contributed by atoms with Gasteiger partial charge in [-0.05, 0) is 26.0 Å². The van der Waals surface area contributed by atoms with Gasteiger partial charge in [0.05, 0.1) is 18.1 Å². The number of nitrogens with zero attached hydrogens (tertiary/aromatic N) is 5. The van der Waals surface area contributed by atoms with Crippen molar-refractivity contribution in [3.63, 3.8) is 0 Å². The Kier molecular flexibility index (Phi) is 4.39. The number of fused-ring (bicyclic) bond motifs is 2. The third kappa shape index (κ3) is 3.70. The highest BCUT2D eigenvalue weighted by Gasteiger charge is 2.31. The first-order valence-corrected chi connectivity index (χ1v) is 9.94. The van der Waals surface area contributed by atoms with Crippen LogP contribution < -0.4 is 14.8 Å². The molecular formula is C22H22N6O3. The van der Waals surface area contributed by atoms with Crippen LogP contribution in [0.3, 0.4) is 0 Å². The molecule has 0 bridgehead atoms. The largest absolute Gasteiger partial charge is 0.487 e. The van der Waals surface area contributed by atoms with E-state index in [9.17, 15) is 4.79 Å².